The van der Waals surface area contributed by atoms with Crippen LogP contribution < -0.4 is 10.1 Å². The molecule has 27 heavy (non-hydrogen) atoms. The number of hydrogen-bond donors (Lipinski definition) is 1. The average molecular weight is 367 g/mol. The molecule has 0 radical (unpaired) electrons. The number of hydrogen-bond acceptors (Lipinski definition) is 6. The van der Waals surface area contributed by atoms with E-state index in [9.17, 15) is 0 Å². The third kappa shape index (κ3) is 3.60. The summed E-state index contributed by atoms with van der Waals surface area (Å²) in [6.45, 7) is 8.33. The van der Waals surface area contributed by atoms with Gasteiger partial charge in [-0.25, -0.2) is 4.98 Å². The number of aromatic nitrogens is 4. The zero-order valence-corrected chi connectivity index (χ0v) is 16.0. The van der Waals surface area contributed by atoms with Crippen molar-refractivity contribution in [3.8, 4) is 17.0 Å². The van der Waals surface area contributed by atoms with Crippen LogP contribution in [0.3, 0.4) is 0 Å². The second-order valence-corrected chi connectivity index (χ2v) is 7.02. The second-order valence-electron chi connectivity index (χ2n) is 7.02. The van der Waals surface area contributed by atoms with Gasteiger partial charge in [0.25, 0.3) is 0 Å². The van der Waals surface area contributed by atoms with Crippen LogP contribution in [0.1, 0.15) is 33.2 Å². The predicted molar refractivity (Wildman–Crippen MR) is 105 cm³/mol. The van der Waals surface area contributed by atoms with Gasteiger partial charge < -0.3 is 14.8 Å². The minimum absolute atomic E-state index is 0.249. The normalized spacial score (nSPS) is 17.0. The summed E-state index contributed by atoms with van der Waals surface area (Å²) < 4.78 is 13.1. The van der Waals surface area contributed by atoms with E-state index in [1.54, 1.807) is 6.20 Å². The van der Waals surface area contributed by atoms with Crippen molar-refractivity contribution in [3.05, 3.63) is 30.7 Å². The minimum Gasteiger partial charge on any atom is -0.492 e. The highest BCUT2D eigenvalue weighted by Crippen LogP contribution is 2.31. The number of ether oxygens (including phenoxy) is 2. The Kier molecular flexibility index (Phi) is 4.94. The van der Waals surface area contributed by atoms with Crippen molar-refractivity contribution in [2.75, 3.05) is 25.1 Å². The highest BCUT2D eigenvalue weighted by atomic mass is 16.5. The first kappa shape index (κ1) is 17.7. The first-order valence-corrected chi connectivity index (χ1v) is 9.46. The number of nitrogens with zero attached hydrogens (tertiary/aromatic N) is 4. The average Bonchev–Trinajstić information content (AvgIpc) is 3.31. The fourth-order valence-electron chi connectivity index (χ4n) is 3.39. The Balaban J connectivity index is 1.81. The van der Waals surface area contributed by atoms with Gasteiger partial charge in [-0.05, 0) is 39.3 Å². The summed E-state index contributed by atoms with van der Waals surface area (Å²) in [5, 5.41) is 8.19. The molecule has 0 aliphatic carbocycles. The van der Waals surface area contributed by atoms with Gasteiger partial charge in [0.15, 0.2) is 0 Å². The highest BCUT2D eigenvalue weighted by Gasteiger charge is 2.20. The predicted octanol–water partition coefficient (Wildman–Crippen LogP) is 3.67. The lowest BCUT2D eigenvalue weighted by Crippen LogP contribution is -2.20. The van der Waals surface area contributed by atoms with E-state index in [0.29, 0.717) is 12.6 Å². The van der Waals surface area contributed by atoms with Crippen molar-refractivity contribution in [2.24, 2.45) is 0 Å². The van der Waals surface area contributed by atoms with Crippen molar-refractivity contribution >= 4 is 16.7 Å². The molecule has 4 rings (SSSR count). The Bertz CT molecular complexity index is 931. The summed E-state index contributed by atoms with van der Waals surface area (Å²) in [6, 6.07) is 4.60. The van der Waals surface area contributed by atoms with Crippen LogP contribution in [-0.4, -0.2) is 45.6 Å². The summed E-state index contributed by atoms with van der Waals surface area (Å²) in [5.41, 5.74) is 4.68. The Morgan fingerprint density at radius 3 is 2.93 bits per heavy atom. The maximum atomic E-state index is 5.59. The molecule has 1 fully saturated rings. The summed E-state index contributed by atoms with van der Waals surface area (Å²) in [5.74, 6) is 0.744. The van der Waals surface area contributed by atoms with Gasteiger partial charge in [-0.15, -0.1) is 0 Å². The van der Waals surface area contributed by atoms with Gasteiger partial charge in [0.05, 0.1) is 43.0 Å². The molecule has 1 atom stereocenters. The van der Waals surface area contributed by atoms with Gasteiger partial charge in [-0.2, -0.15) is 5.10 Å². The molecule has 3 aromatic rings. The zero-order chi connectivity index (χ0) is 18.8. The maximum Gasteiger partial charge on any atom is 0.138 e. The third-order valence-electron chi connectivity index (χ3n) is 4.65. The lowest BCUT2D eigenvalue weighted by molar-refractivity contribution is 0.195. The van der Waals surface area contributed by atoms with E-state index in [0.717, 1.165) is 53.4 Å². The van der Waals surface area contributed by atoms with E-state index in [2.05, 4.69) is 35.3 Å². The molecule has 7 nitrogen and oxygen atoms in total. The van der Waals surface area contributed by atoms with Crippen molar-refractivity contribution in [3.63, 3.8) is 0 Å². The number of nitrogens with one attached hydrogen (secondary N) is 1. The summed E-state index contributed by atoms with van der Waals surface area (Å²) >= 11 is 0. The molecule has 0 amide bonds. The molecule has 0 aromatic carbocycles. The van der Waals surface area contributed by atoms with E-state index >= 15 is 0 Å². The molecule has 1 unspecified atom stereocenters. The van der Waals surface area contributed by atoms with Gasteiger partial charge >= 0.3 is 0 Å². The number of fused-ring (bicyclic) bond motifs is 1. The largest absolute Gasteiger partial charge is 0.492 e. The molecule has 1 N–H and O–H groups in total. The molecule has 4 heterocycles. The summed E-state index contributed by atoms with van der Waals surface area (Å²) in [4.78, 5) is 9.13. The molecule has 1 saturated heterocycles. The molecule has 142 valence electrons. The Labute approximate surface area is 158 Å². The Morgan fingerprint density at radius 1 is 1.30 bits per heavy atom. The Hall–Kier alpha value is -2.67. The fraction of sp³-hybridized carbons (Fsp3) is 0.450. The van der Waals surface area contributed by atoms with Crippen LogP contribution in [0.5, 0.6) is 5.75 Å². The summed E-state index contributed by atoms with van der Waals surface area (Å²) in [6.07, 6.45) is 6.36. The monoisotopic (exact) mass is 367 g/mol. The SMILES string of the molecule is CCOc1cncc(-c2cc(NC3CCOC3)c3c(cnn3C(C)C)n2)c1. The van der Waals surface area contributed by atoms with E-state index in [1.807, 2.05) is 30.1 Å². The van der Waals surface area contributed by atoms with Crippen molar-refractivity contribution in [1.82, 2.24) is 19.7 Å². The van der Waals surface area contributed by atoms with Crippen molar-refractivity contribution < 1.29 is 9.47 Å². The van der Waals surface area contributed by atoms with E-state index < -0.39 is 0 Å². The number of pyridine rings is 2. The molecule has 7 heteroatoms. The molecule has 3 aromatic heterocycles. The molecule has 1 aliphatic rings. The van der Waals surface area contributed by atoms with Gasteiger partial charge in [-0.1, -0.05) is 0 Å². The Morgan fingerprint density at radius 2 is 2.19 bits per heavy atom. The van der Waals surface area contributed by atoms with Gasteiger partial charge in [0.1, 0.15) is 16.8 Å². The number of rotatable bonds is 6. The van der Waals surface area contributed by atoms with Crippen LogP contribution in [0.2, 0.25) is 0 Å². The molecular weight excluding hydrogens is 342 g/mol. The van der Waals surface area contributed by atoms with Gasteiger partial charge in [0, 0.05) is 24.4 Å². The van der Waals surface area contributed by atoms with Crippen molar-refractivity contribution in [2.45, 2.75) is 39.3 Å². The van der Waals surface area contributed by atoms with Gasteiger partial charge in [-0.3, -0.25) is 9.67 Å². The van der Waals surface area contributed by atoms with Crippen LogP contribution in [0, 0.1) is 0 Å². The zero-order valence-electron chi connectivity index (χ0n) is 16.0. The van der Waals surface area contributed by atoms with Crippen LogP contribution in [0.15, 0.2) is 30.7 Å². The van der Waals surface area contributed by atoms with E-state index in [4.69, 9.17) is 14.5 Å². The summed E-state index contributed by atoms with van der Waals surface area (Å²) in [7, 11) is 0. The van der Waals surface area contributed by atoms with Crippen LogP contribution in [0.25, 0.3) is 22.3 Å². The fourth-order valence-corrected chi connectivity index (χ4v) is 3.39. The smallest absolute Gasteiger partial charge is 0.138 e. The second kappa shape index (κ2) is 7.52. The van der Waals surface area contributed by atoms with Gasteiger partial charge in [0.2, 0.25) is 0 Å². The van der Waals surface area contributed by atoms with Crippen molar-refractivity contribution in [1.29, 1.82) is 0 Å². The maximum absolute atomic E-state index is 5.59. The number of anilines is 1. The molecule has 0 saturated carbocycles. The molecule has 1 aliphatic heterocycles. The molecule has 0 spiro atoms. The van der Waals surface area contributed by atoms with E-state index in [-0.39, 0.29) is 6.04 Å². The third-order valence-corrected chi connectivity index (χ3v) is 4.65. The lowest BCUT2D eigenvalue weighted by atomic mass is 10.1. The molecule has 0 bridgehead atoms. The first-order chi connectivity index (χ1) is 13.2. The van der Waals surface area contributed by atoms with Crippen LogP contribution >= 0.6 is 0 Å². The van der Waals surface area contributed by atoms with E-state index in [1.165, 1.54) is 0 Å². The van der Waals surface area contributed by atoms with Crippen LogP contribution in [0.4, 0.5) is 5.69 Å². The minimum atomic E-state index is 0.249. The van der Waals surface area contributed by atoms with Crippen LogP contribution in [-0.2, 0) is 4.74 Å². The highest BCUT2D eigenvalue weighted by molar-refractivity contribution is 5.91. The topological polar surface area (TPSA) is 74.1 Å². The first-order valence-electron chi connectivity index (χ1n) is 9.46. The lowest BCUT2D eigenvalue weighted by Gasteiger charge is -2.17. The quantitative estimate of drug-likeness (QED) is 0.716. The standard InChI is InChI=1S/C20H25N5O2/c1-4-27-16-7-14(9-21-10-16)17-8-18(23-15-5-6-26-12-15)20-19(24-17)11-22-25(20)13(2)3/h7-11,13,15H,4-6,12H2,1-3H3,(H,23,24). The molecular formula is C20H25N5O2.